The van der Waals surface area contributed by atoms with Crippen LogP contribution < -0.4 is 0 Å². The van der Waals surface area contributed by atoms with Crippen molar-refractivity contribution >= 4 is 0 Å². The summed E-state index contributed by atoms with van der Waals surface area (Å²) >= 11 is 0. The van der Waals surface area contributed by atoms with E-state index in [2.05, 4.69) is 69.4 Å². The molecular weight excluding hydrogens is 348 g/mol. The van der Waals surface area contributed by atoms with Crippen LogP contribution in [0.5, 0.6) is 0 Å². The number of benzene rings is 1. The third kappa shape index (κ3) is 3.06. The fourth-order valence-electron chi connectivity index (χ4n) is 5.14. The van der Waals surface area contributed by atoms with E-state index in [0.717, 1.165) is 38.4 Å². The van der Waals surface area contributed by atoms with E-state index >= 15 is 0 Å². The van der Waals surface area contributed by atoms with Crippen LogP contribution in [-0.4, -0.2) is 55.8 Å². The molecule has 6 heteroatoms. The summed E-state index contributed by atoms with van der Waals surface area (Å²) in [5.41, 5.74) is 5.09. The third-order valence-corrected chi connectivity index (χ3v) is 6.21. The Kier molecular flexibility index (Phi) is 4.33. The zero-order valence-electron chi connectivity index (χ0n) is 16.8. The molecule has 4 heterocycles. The maximum Gasteiger partial charge on any atom is 0.0962 e. The number of imidazole rings is 1. The molecule has 0 saturated carbocycles. The highest BCUT2D eigenvalue weighted by Gasteiger charge is 2.42. The van der Waals surface area contributed by atoms with Crippen molar-refractivity contribution in [1.29, 1.82) is 0 Å². The van der Waals surface area contributed by atoms with Gasteiger partial charge in [0.2, 0.25) is 0 Å². The Morgan fingerprint density at radius 3 is 2.75 bits per heavy atom. The summed E-state index contributed by atoms with van der Waals surface area (Å²) in [4.78, 5) is 9.93. The molecule has 3 aromatic rings. The van der Waals surface area contributed by atoms with Gasteiger partial charge in [0.1, 0.15) is 0 Å². The van der Waals surface area contributed by atoms with Crippen LogP contribution in [0, 0.1) is 0 Å². The summed E-state index contributed by atoms with van der Waals surface area (Å²) in [5.74, 6) is 0. The molecule has 0 aliphatic carbocycles. The highest BCUT2D eigenvalue weighted by molar-refractivity contribution is 5.62. The molecule has 0 amide bonds. The van der Waals surface area contributed by atoms with Crippen molar-refractivity contribution in [2.75, 3.05) is 26.7 Å². The molecule has 1 fully saturated rings. The molecule has 28 heavy (non-hydrogen) atoms. The van der Waals surface area contributed by atoms with Crippen LogP contribution in [0.4, 0.5) is 0 Å². The minimum absolute atomic E-state index is 0.100. The number of hydrogen-bond donors (Lipinski definition) is 0. The van der Waals surface area contributed by atoms with Gasteiger partial charge in [-0.3, -0.25) is 14.5 Å². The van der Waals surface area contributed by atoms with Crippen LogP contribution in [0.1, 0.15) is 24.1 Å². The first kappa shape index (κ1) is 17.6. The van der Waals surface area contributed by atoms with Crippen LogP contribution in [-0.2, 0) is 25.7 Å². The lowest BCUT2D eigenvalue weighted by molar-refractivity contribution is 0.0374. The molecule has 1 saturated heterocycles. The highest BCUT2D eigenvalue weighted by Crippen LogP contribution is 2.38. The van der Waals surface area contributed by atoms with Gasteiger partial charge in [-0.1, -0.05) is 30.3 Å². The average molecular weight is 377 g/mol. The SMILES string of the molecule is CN1Cc2c(-c3ccccc3)ncn2[C@@]2(CCCN(Cc3cnn(C)c3)C2)C1. The summed E-state index contributed by atoms with van der Waals surface area (Å²) < 4.78 is 4.40. The van der Waals surface area contributed by atoms with Crippen molar-refractivity contribution < 1.29 is 0 Å². The van der Waals surface area contributed by atoms with E-state index in [9.17, 15) is 0 Å². The second kappa shape index (κ2) is 6.87. The molecule has 5 rings (SSSR count). The Morgan fingerprint density at radius 1 is 1.11 bits per heavy atom. The van der Waals surface area contributed by atoms with Gasteiger partial charge >= 0.3 is 0 Å². The zero-order valence-corrected chi connectivity index (χ0v) is 16.8. The topological polar surface area (TPSA) is 42.1 Å². The van der Waals surface area contributed by atoms with Crippen LogP contribution in [0.3, 0.4) is 0 Å². The maximum absolute atomic E-state index is 4.87. The fourth-order valence-corrected chi connectivity index (χ4v) is 5.14. The van der Waals surface area contributed by atoms with Crippen LogP contribution in [0.25, 0.3) is 11.3 Å². The number of fused-ring (bicyclic) bond motifs is 2. The molecule has 1 atom stereocenters. The number of rotatable bonds is 3. The van der Waals surface area contributed by atoms with Crippen LogP contribution in [0.15, 0.2) is 49.1 Å². The standard InChI is InChI=1S/C22H28N6/c1-25-14-20-21(19-7-4-3-5-8-19)23-17-28(20)22(15-25)9-6-10-27(16-22)13-18-11-24-26(2)12-18/h3-5,7-8,11-12,17H,6,9-10,13-16H2,1-2H3/t22-/m0/s1. The van der Waals surface area contributed by atoms with Gasteiger partial charge in [0, 0.05) is 50.6 Å². The second-order valence-corrected chi connectivity index (χ2v) is 8.51. The van der Waals surface area contributed by atoms with Crippen molar-refractivity contribution in [3.63, 3.8) is 0 Å². The first-order valence-corrected chi connectivity index (χ1v) is 10.1. The summed E-state index contributed by atoms with van der Waals surface area (Å²) in [7, 11) is 4.23. The summed E-state index contributed by atoms with van der Waals surface area (Å²) in [6.07, 6.45) is 8.64. The summed E-state index contributed by atoms with van der Waals surface area (Å²) in [5, 5.41) is 4.34. The minimum Gasteiger partial charge on any atom is -0.324 e. The Morgan fingerprint density at radius 2 is 1.96 bits per heavy atom. The molecule has 1 spiro atoms. The van der Waals surface area contributed by atoms with Crippen molar-refractivity contribution in [3.8, 4) is 11.3 Å². The number of likely N-dealkylation sites (tertiary alicyclic amines) is 1. The molecule has 2 aliphatic heterocycles. The molecule has 0 N–H and O–H groups in total. The van der Waals surface area contributed by atoms with Gasteiger partial charge in [-0.25, -0.2) is 4.98 Å². The van der Waals surface area contributed by atoms with E-state index in [0.29, 0.717) is 0 Å². The molecule has 2 aliphatic rings. The van der Waals surface area contributed by atoms with E-state index in [4.69, 9.17) is 4.98 Å². The second-order valence-electron chi connectivity index (χ2n) is 8.51. The lowest BCUT2D eigenvalue weighted by Crippen LogP contribution is -2.57. The molecule has 0 radical (unpaired) electrons. The summed E-state index contributed by atoms with van der Waals surface area (Å²) in [6, 6.07) is 10.6. The van der Waals surface area contributed by atoms with Crippen molar-refractivity contribution in [2.45, 2.75) is 31.5 Å². The molecular formula is C22H28N6. The van der Waals surface area contributed by atoms with Gasteiger partial charge in [0.25, 0.3) is 0 Å². The van der Waals surface area contributed by atoms with Gasteiger partial charge < -0.3 is 4.57 Å². The minimum atomic E-state index is 0.100. The van der Waals surface area contributed by atoms with E-state index in [1.165, 1.54) is 29.7 Å². The molecule has 0 unspecified atom stereocenters. The van der Waals surface area contributed by atoms with Gasteiger partial charge in [-0.2, -0.15) is 5.10 Å². The lowest BCUT2D eigenvalue weighted by atomic mass is 9.85. The Hall–Kier alpha value is -2.44. The molecule has 0 bridgehead atoms. The fraction of sp³-hybridized carbons (Fsp3) is 0.455. The number of aryl methyl sites for hydroxylation is 1. The largest absolute Gasteiger partial charge is 0.324 e. The van der Waals surface area contributed by atoms with Gasteiger partial charge in [-0.05, 0) is 26.4 Å². The average Bonchev–Trinajstić information content (AvgIpc) is 3.29. The number of hydrogen-bond acceptors (Lipinski definition) is 4. The Balaban J connectivity index is 1.48. The molecule has 2 aromatic heterocycles. The predicted octanol–water partition coefficient (Wildman–Crippen LogP) is 2.72. The first-order chi connectivity index (χ1) is 13.6. The van der Waals surface area contributed by atoms with Crippen molar-refractivity contribution in [1.82, 2.24) is 29.1 Å². The monoisotopic (exact) mass is 376 g/mol. The van der Waals surface area contributed by atoms with E-state index in [1.807, 2.05) is 17.9 Å². The van der Waals surface area contributed by atoms with E-state index in [1.54, 1.807) is 0 Å². The van der Waals surface area contributed by atoms with Gasteiger partial charge in [-0.15, -0.1) is 0 Å². The summed E-state index contributed by atoms with van der Waals surface area (Å²) in [6.45, 7) is 5.21. The van der Waals surface area contributed by atoms with Crippen LogP contribution >= 0.6 is 0 Å². The predicted molar refractivity (Wildman–Crippen MR) is 110 cm³/mol. The smallest absolute Gasteiger partial charge is 0.0962 e. The normalized spacial score (nSPS) is 23.2. The highest BCUT2D eigenvalue weighted by atomic mass is 15.3. The lowest BCUT2D eigenvalue weighted by Gasteiger charge is -2.49. The Labute approximate surface area is 166 Å². The van der Waals surface area contributed by atoms with Crippen molar-refractivity contribution in [3.05, 3.63) is 60.3 Å². The molecule has 6 nitrogen and oxygen atoms in total. The molecule has 146 valence electrons. The number of nitrogens with zero attached hydrogens (tertiary/aromatic N) is 6. The van der Waals surface area contributed by atoms with E-state index in [-0.39, 0.29) is 5.54 Å². The quantitative estimate of drug-likeness (QED) is 0.705. The number of piperidine rings is 1. The van der Waals surface area contributed by atoms with Crippen LogP contribution in [0.2, 0.25) is 0 Å². The maximum atomic E-state index is 4.87. The van der Waals surface area contributed by atoms with Gasteiger partial charge in [0.15, 0.2) is 0 Å². The number of likely N-dealkylation sites (N-methyl/N-ethyl adjacent to an activating group) is 1. The first-order valence-electron chi connectivity index (χ1n) is 10.1. The number of aromatic nitrogens is 4. The van der Waals surface area contributed by atoms with E-state index < -0.39 is 0 Å². The zero-order chi connectivity index (χ0) is 19.1. The van der Waals surface area contributed by atoms with Gasteiger partial charge in [0.05, 0.1) is 29.5 Å². The third-order valence-electron chi connectivity index (χ3n) is 6.21. The van der Waals surface area contributed by atoms with Crippen molar-refractivity contribution in [2.24, 2.45) is 7.05 Å². The Bertz CT molecular complexity index is 959. The molecule has 1 aromatic carbocycles.